The van der Waals surface area contributed by atoms with Crippen molar-refractivity contribution >= 4 is 15.9 Å². The van der Waals surface area contributed by atoms with Gasteiger partial charge in [0, 0.05) is 24.7 Å². The summed E-state index contributed by atoms with van der Waals surface area (Å²) in [4.78, 5) is 19.1. The molecule has 2 aromatic rings. The molecule has 1 aliphatic rings. The largest absolute Gasteiger partial charge is 0.441 e. The van der Waals surface area contributed by atoms with Crippen molar-refractivity contribution in [1.29, 1.82) is 0 Å². The lowest BCUT2D eigenvalue weighted by Crippen LogP contribution is -2.49. The van der Waals surface area contributed by atoms with Crippen molar-refractivity contribution in [1.82, 2.24) is 14.6 Å². The zero-order valence-electron chi connectivity index (χ0n) is 14.9. The van der Waals surface area contributed by atoms with Crippen molar-refractivity contribution in [3.05, 3.63) is 41.8 Å². The summed E-state index contributed by atoms with van der Waals surface area (Å²) < 4.78 is 31.0. The summed E-state index contributed by atoms with van der Waals surface area (Å²) in [5.41, 5.74) is 1.10. The minimum absolute atomic E-state index is 0.178. The summed E-state index contributed by atoms with van der Waals surface area (Å²) in [5, 5.41) is 0. The highest BCUT2D eigenvalue weighted by Crippen LogP contribution is 2.25. The third-order valence-electron chi connectivity index (χ3n) is 4.49. The molecule has 1 fully saturated rings. The van der Waals surface area contributed by atoms with Crippen LogP contribution in [0, 0.1) is 6.92 Å². The van der Waals surface area contributed by atoms with Crippen molar-refractivity contribution < 1.29 is 17.6 Å². The van der Waals surface area contributed by atoms with E-state index in [2.05, 4.69) is 9.71 Å². The molecule has 1 saturated heterocycles. The van der Waals surface area contributed by atoms with Gasteiger partial charge in [0.25, 0.3) is 5.91 Å². The van der Waals surface area contributed by atoms with Gasteiger partial charge in [-0.25, -0.2) is 18.1 Å². The Labute approximate surface area is 153 Å². The molecule has 1 aromatic carbocycles. The van der Waals surface area contributed by atoms with Crippen LogP contribution in [0.5, 0.6) is 0 Å². The predicted molar refractivity (Wildman–Crippen MR) is 98.2 cm³/mol. The van der Waals surface area contributed by atoms with Crippen molar-refractivity contribution in [3.63, 3.8) is 0 Å². The van der Waals surface area contributed by atoms with Crippen LogP contribution in [0.15, 0.2) is 34.7 Å². The number of oxazole rings is 1. The Morgan fingerprint density at radius 2 is 2.04 bits per heavy atom. The van der Waals surface area contributed by atoms with Gasteiger partial charge in [-0.1, -0.05) is 18.2 Å². The number of amides is 1. The SMILES string of the molecule is Cc1oc(-c2ccccc2)nc1C(=O)N1CCCC[C@H]1CNS(C)(=O)=O. The van der Waals surface area contributed by atoms with E-state index in [1.807, 2.05) is 30.3 Å². The number of aryl methyl sites for hydroxylation is 1. The zero-order chi connectivity index (χ0) is 18.7. The lowest BCUT2D eigenvalue weighted by atomic mass is 10.0. The summed E-state index contributed by atoms with van der Waals surface area (Å²) in [6, 6.07) is 9.24. The standard InChI is InChI=1S/C18H23N3O4S/c1-13-16(20-17(25-13)14-8-4-3-5-9-14)18(22)21-11-7-6-10-15(21)12-19-26(2,23)24/h3-5,8-9,15,19H,6-7,10-12H2,1-2H3/t15-/m0/s1. The van der Waals surface area contributed by atoms with Crippen LogP contribution in [0.3, 0.4) is 0 Å². The zero-order valence-corrected chi connectivity index (χ0v) is 15.8. The van der Waals surface area contributed by atoms with Gasteiger partial charge in [-0.2, -0.15) is 0 Å². The fraction of sp³-hybridized carbons (Fsp3) is 0.444. The van der Waals surface area contributed by atoms with E-state index in [1.54, 1.807) is 11.8 Å². The van der Waals surface area contributed by atoms with Gasteiger partial charge in [0.15, 0.2) is 5.69 Å². The Balaban J connectivity index is 1.82. The number of carbonyl (C=O) groups excluding carboxylic acids is 1. The van der Waals surface area contributed by atoms with Gasteiger partial charge in [0.2, 0.25) is 15.9 Å². The molecule has 1 N–H and O–H groups in total. The number of piperidine rings is 1. The second-order valence-corrected chi connectivity index (χ2v) is 8.39. The predicted octanol–water partition coefficient (Wildman–Crippen LogP) is 2.19. The molecule has 1 aliphatic heterocycles. The third kappa shape index (κ3) is 4.31. The molecule has 26 heavy (non-hydrogen) atoms. The molecule has 3 rings (SSSR count). The normalized spacial score (nSPS) is 18.1. The van der Waals surface area contributed by atoms with Gasteiger partial charge < -0.3 is 9.32 Å². The molecule has 8 heteroatoms. The van der Waals surface area contributed by atoms with E-state index < -0.39 is 10.0 Å². The highest BCUT2D eigenvalue weighted by molar-refractivity contribution is 7.88. The van der Waals surface area contributed by atoms with Crippen LogP contribution in [0.25, 0.3) is 11.5 Å². The van der Waals surface area contributed by atoms with Crippen LogP contribution in [0.4, 0.5) is 0 Å². The smallest absolute Gasteiger partial charge is 0.276 e. The van der Waals surface area contributed by atoms with Crippen LogP contribution >= 0.6 is 0 Å². The van der Waals surface area contributed by atoms with E-state index in [4.69, 9.17) is 4.42 Å². The highest BCUT2D eigenvalue weighted by atomic mass is 32.2. The summed E-state index contributed by atoms with van der Waals surface area (Å²) in [6.07, 6.45) is 3.74. The monoisotopic (exact) mass is 377 g/mol. The number of benzene rings is 1. The first-order chi connectivity index (χ1) is 12.3. The summed E-state index contributed by atoms with van der Waals surface area (Å²) in [7, 11) is -3.30. The summed E-state index contributed by atoms with van der Waals surface area (Å²) >= 11 is 0. The lowest BCUT2D eigenvalue weighted by molar-refractivity contribution is 0.0611. The topological polar surface area (TPSA) is 92.5 Å². The quantitative estimate of drug-likeness (QED) is 0.862. The van der Waals surface area contributed by atoms with Gasteiger partial charge in [-0.05, 0) is 38.3 Å². The van der Waals surface area contributed by atoms with E-state index in [-0.39, 0.29) is 24.2 Å². The van der Waals surface area contributed by atoms with Crippen LogP contribution in [0.1, 0.15) is 35.5 Å². The van der Waals surface area contributed by atoms with Crippen molar-refractivity contribution in [2.24, 2.45) is 0 Å². The first kappa shape index (κ1) is 18.6. The maximum absolute atomic E-state index is 13.0. The molecular weight excluding hydrogens is 354 g/mol. The molecule has 1 amide bonds. The van der Waals surface area contributed by atoms with Crippen LogP contribution in [-0.4, -0.2) is 49.6 Å². The minimum atomic E-state index is -3.30. The number of aromatic nitrogens is 1. The molecule has 1 aromatic heterocycles. The Bertz CT molecular complexity index is 877. The van der Waals surface area contributed by atoms with Gasteiger partial charge in [-0.15, -0.1) is 0 Å². The molecule has 2 heterocycles. The van der Waals surface area contributed by atoms with Crippen molar-refractivity contribution in [3.8, 4) is 11.5 Å². The number of sulfonamides is 1. The maximum atomic E-state index is 13.0. The average molecular weight is 377 g/mol. The van der Waals surface area contributed by atoms with E-state index in [1.165, 1.54) is 0 Å². The number of hydrogen-bond acceptors (Lipinski definition) is 5. The number of rotatable bonds is 5. The Morgan fingerprint density at radius 1 is 1.31 bits per heavy atom. The molecule has 1 atom stereocenters. The van der Waals surface area contributed by atoms with Gasteiger partial charge in [-0.3, -0.25) is 4.79 Å². The molecule has 7 nitrogen and oxygen atoms in total. The number of carbonyl (C=O) groups is 1. The highest BCUT2D eigenvalue weighted by Gasteiger charge is 2.31. The van der Waals surface area contributed by atoms with E-state index in [9.17, 15) is 13.2 Å². The molecular formula is C18H23N3O4S. The summed E-state index contributed by atoms with van der Waals surface area (Å²) in [5.74, 6) is 0.664. The first-order valence-electron chi connectivity index (χ1n) is 8.63. The Kier molecular flexibility index (Phi) is 5.43. The molecule has 0 unspecified atom stereocenters. The minimum Gasteiger partial charge on any atom is -0.441 e. The van der Waals surface area contributed by atoms with Crippen LogP contribution in [0.2, 0.25) is 0 Å². The molecule has 0 saturated carbocycles. The van der Waals surface area contributed by atoms with Crippen LogP contribution < -0.4 is 4.72 Å². The fourth-order valence-electron chi connectivity index (χ4n) is 3.16. The van der Waals surface area contributed by atoms with Gasteiger partial charge in [0.1, 0.15) is 5.76 Å². The number of nitrogens with one attached hydrogen (secondary N) is 1. The first-order valence-corrected chi connectivity index (χ1v) is 10.5. The van der Waals surface area contributed by atoms with Gasteiger partial charge >= 0.3 is 0 Å². The number of hydrogen-bond donors (Lipinski definition) is 1. The Morgan fingerprint density at radius 3 is 2.73 bits per heavy atom. The van der Waals surface area contributed by atoms with Gasteiger partial charge in [0.05, 0.1) is 6.26 Å². The second-order valence-electron chi connectivity index (χ2n) is 6.56. The fourth-order valence-corrected chi connectivity index (χ4v) is 3.66. The lowest BCUT2D eigenvalue weighted by Gasteiger charge is -2.35. The molecule has 140 valence electrons. The average Bonchev–Trinajstić information content (AvgIpc) is 3.01. The van der Waals surface area contributed by atoms with E-state index >= 15 is 0 Å². The summed E-state index contributed by atoms with van der Waals surface area (Å²) in [6.45, 7) is 2.52. The van der Waals surface area contributed by atoms with Crippen LogP contribution in [-0.2, 0) is 10.0 Å². The van der Waals surface area contributed by atoms with Crippen molar-refractivity contribution in [2.45, 2.75) is 32.2 Å². The molecule has 0 radical (unpaired) electrons. The molecule has 0 aliphatic carbocycles. The van der Waals surface area contributed by atoms with E-state index in [0.29, 0.717) is 18.2 Å². The van der Waals surface area contributed by atoms with Crippen molar-refractivity contribution in [2.75, 3.05) is 19.3 Å². The Hall–Kier alpha value is -2.19. The number of nitrogens with zero attached hydrogens (tertiary/aromatic N) is 2. The number of likely N-dealkylation sites (tertiary alicyclic amines) is 1. The second kappa shape index (κ2) is 7.59. The van der Waals surface area contributed by atoms with E-state index in [0.717, 1.165) is 31.1 Å². The molecule has 0 bridgehead atoms. The molecule has 0 spiro atoms. The maximum Gasteiger partial charge on any atom is 0.276 e. The third-order valence-corrected chi connectivity index (χ3v) is 5.18.